The van der Waals surface area contributed by atoms with Gasteiger partial charge in [0.05, 0.1) is 11.4 Å². The molecule has 2 atom stereocenters. The Hall–Kier alpha value is -1.73. The molecule has 0 aliphatic carbocycles. The molecular formula is C17H24N4O2S. The van der Waals surface area contributed by atoms with Crippen molar-refractivity contribution >= 4 is 22.4 Å². The van der Waals surface area contributed by atoms with E-state index in [1.54, 1.807) is 13.8 Å². The summed E-state index contributed by atoms with van der Waals surface area (Å²) >= 11 is 1.44. The molecule has 0 aromatic carbocycles. The standard InChI is InChI=1S/C17H24N4O2S/c1-10-5-11(2)7-21(6-10)8-14-9-24-17(19-14)20-16(22)15-12(3)18-13(4)23-15/h9-11H,5-8H2,1-4H3,(H,19,20,22)/t10-,11-/m0/s1. The number of amides is 1. The third-order valence-electron chi connectivity index (χ3n) is 4.21. The summed E-state index contributed by atoms with van der Waals surface area (Å²) < 4.78 is 5.35. The second-order valence-electron chi connectivity index (χ2n) is 6.89. The van der Waals surface area contributed by atoms with Crippen LogP contribution in [0.15, 0.2) is 9.80 Å². The van der Waals surface area contributed by atoms with Crippen LogP contribution in [-0.2, 0) is 6.54 Å². The first kappa shape index (κ1) is 17.1. The zero-order valence-corrected chi connectivity index (χ0v) is 15.4. The molecule has 0 bridgehead atoms. The number of rotatable bonds is 4. The quantitative estimate of drug-likeness (QED) is 0.916. The van der Waals surface area contributed by atoms with Gasteiger partial charge in [0, 0.05) is 31.9 Å². The van der Waals surface area contributed by atoms with Gasteiger partial charge >= 0.3 is 0 Å². The molecule has 0 saturated carbocycles. The van der Waals surface area contributed by atoms with E-state index in [-0.39, 0.29) is 11.7 Å². The number of aryl methyl sites for hydroxylation is 2. The van der Waals surface area contributed by atoms with Crippen molar-refractivity contribution in [2.75, 3.05) is 18.4 Å². The monoisotopic (exact) mass is 348 g/mol. The zero-order chi connectivity index (χ0) is 17.3. The predicted molar refractivity (Wildman–Crippen MR) is 94.3 cm³/mol. The summed E-state index contributed by atoms with van der Waals surface area (Å²) in [5.41, 5.74) is 1.60. The molecule has 3 rings (SSSR count). The molecule has 7 heteroatoms. The van der Waals surface area contributed by atoms with Gasteiger partial charge < -0.3 is 4.42 Å². The third kappa shape index (κ3) is 4.02. The van der Waals surface area contributed by atoms with Crippen molar-refractivity contribution in [3.05, 3.63) is 28.4 Å². The number of oxazole rings is 1. The summed E-state index contributed by atoms with van der Waals surface area (Å²) in [5.74, 6) is 1.90. The molecule has 3 heterocycles. The van der Waals surface area contributed by atoms with Crippen LogP contribution in [-0.4, -0.2) is 33.9 Å². The summed E-state index contributed by atoms with van der Waals surface area (Å²) in [5, 5.41) is 5.41. The predicted octanol–water partition coefficient (Wildman–Crippen LogP) is 3.48. The maximum Gasteiger partial charge on any atom is 0.295 e. The van der Waals surface area contributed by atoms with Crippen LogP contribution in [0.1, 0.15) is 48.1 Å². The molecule has 2 aromatic heterocycles. The summed E-state index contributed by atoms with van der Waals surface area (Å²) in [6, 6.07) is 0. The number of carbonyl (C=O) groups is 1. The van der Waals surface area contributed by atoms with Crippen LogP contribution in [0.5, 0.6) is 0 Å². The average molecular weight is 348 g/mol. The Morgan fingerprint density at radius 1 is 1.33 bits per heavy atom. The fourth-order valence-corrected chi connectivity index (χ4v) is 4.18. The van der Waals surface area contributed by atoms with Gasteiger partial charge in [0.15, 0.2) is 11.0 Å². The van der Waals surface area contributed by atoms with Gasteiger partial charge in [-0.25, -0.2) is 9.97 Å². The highest BCUT2D eigenvalue weighted by Crippen LogP contribution is 2.24. The number of aromatic nitrogens is 2. The van der Waals surface area contributed by atoms with Gasteiger partial charge in [0.2, 0.25) is 5.76 Å². The average Bonchev–Trinajstić information content (AvgIpc) is 3.04. The molecule has 6 nitrogen and oxygen atoms in total. The maximum absolute atomic E-state index is 12.2. The minimum atomic E-state index is -0.297. The first-order valence-electron chi connectivity index (χ1n) is 8.33. The van der Waals surface area contributed by atoms with Crippen LogP contribution >= 0.6 is 11.3 Å². The SMILES string of the molecule is Cc1nc(C)c(C(=O)Nc2nc(CN3C[C@@H](C)C[C@H](C)C3)cs2)o1. The molecule has 2 aromatic rings. The number of thiazole rings is 1. The first-order valence-corrected chi connectivity index (χ1v) is 9.20. The van der Waals surface area contributed by atoms with Gasteiger partial charge in [-0.1, -0.05) is 13.8 Å². The molecule has 0 unspecified atom stereocenters. The van der Waals surface area contributed by atoms with E-state index in [0.29, 0.717) is 16.7 Å². The number of carbonyl (C=O) groups excluding carboxylic acids is 1. The van der Waals surface area contributed by atoms with Gasteiger partial charge in [-0.15, -0.1) is 11.3 Å². The van der Waals surface area contributed by atoms with E-state index in [4.69, 9.17) is 4.42 Å². The van der Waals surface area contributed by atoms with Crippen molar-refractivity contribution in [2.24, 2.45) is 11.8 Å². The lowest BCUT2D eigenvalue weighted by atomic mass is 9.92. The molecule has 1 aliphatic heterocycles. The number of likely N-dealkylation sites (tertiary alicyclic amines) is 1. The number of nitrogens with zero attached hydrogens (tertiary/aromatic N) is 3. The van der Waals surface area contributed by atoms with E-state index in [9.17, 15) is 4.79 Å². The number of anilines is 1. The molecule has 1 saturated heterocycles. The summed E-state index contributed by atoms with van der Waals surface area (Å²) in [4.78, 5) is 23.4. The topological polar surface area (TPSA) is 71.3 Å². The second kappa shape index (κ2) is 7.03. The maximum atomic E-state index is 12.2. The highest BCUT2D eigenvalue weighted by molar-refractivity contribution is 7.13. The van der Waals surface area contributed by atoms with E-state index in [2.05, 4.69) is 34.0 Å². The lowest BCUT2D eigenvalue weighted by Gasteiger charge is -2.34. The van der Waals surface area contributed by atoms with E-state index >= 15 is 0 Å². The Balaban J connectivity index is 1.61. The smallest absolute Gasteiger partial charge is 0.295 e. The van der Waals surface area contributed by atoms with Crippen molar-refractivity contribution in [3.8, 4) is 0 Å². The fourth-order valence-electron chi connectivity index (χ4n) is 3.48. The van der Waals surface area contributed by atoms with E-state index < -0.39 is 0 Å². The van der Waals surface area contributed by atoms with Crippen LogP contribution in [0, 0.1) is 25.7 Å². The van der Waals surface area contributed by atoms with Crippen LogP contribution in [0.2, 0.25) is 0 Å². The minimum absolute atomic E-state index is 0.253. The molecule has 1 aliphatic rings. The number of nitrogens with one attached hydrogen (secondary N) is 1. The Labute approximate surface area is 146 Å². The molecule has 1 fully saturated rings. The molecule has 1 amide bonds. The van der Waals surface area contributed by atoms with Crippen LogP contribution in [0.25, 0.3) is 0 Å². The van der Waals surface area contributed by atoms with Crippen molar-refractivity contribution in [1.82, 2.24) is 14.9 Å². The van der Waals surface area contributed by atoms with Gasteiger partial charge in [-0.05, 0) is 25.2 Å². The van der Waals surface area contributed by atoms with Gasteiger partial charge in [0.1, 0.15) is 0 Å². The number of hydrogen-bond donors (Lipinski definition) is 1. The first-order chi connectivity index (χ1) is 11.4. The fraction of sp³-hybridized carbons (Fsp3) is 0.588. The summed E-state index contributed by atoms with van der Waals surface area (Å²) in [6.07, 6.45) is 1.30. The van der Waals surface area contributed by atoms with Gasteiger partial charge in [0.25, 0.3) is 5.91 Å². The number of hydrogen-bond acceptors (Lipinski definition) is 6. The van der Waals surface area contributed by atoms with Crippen molar-refractivity contribution in [3.63, 3.8) is 0 Å². The summed E-state index contributed by atoms with van der Waals surface area (Å²) in [7, 11) is 0. The van der Waals surface area contributed by atoms with Gasteiger partial charge in [-0.3, -0.25) is 15.0 Å². The molecule has 24 heavy (non-hydrogen) atoms. The Morgan fingerprint density at radius 2 is 2.04 bits per heavy atom. The Kier molecular flexibility index (Phi) is 5.01. The van der Waals surface area contributed by atoms with Crippen molar-refractivity contribution < 1.29 is 9.21 Å². The largest absolute Gasteiger partial charge is 0.436 e. The molecule has 130 valence electrons. The van der Waals surface area contributed by atoms with E-state index in [1.165, 1.54) is 17.8 Å². The van der Waals surface area contributed by atoms with Crippen molar-refractivity contribution in [1.29, 1.82) is 0 Å². The van der Waals surface area contributed by atoms with Crippen LogP contribution in [0.3, 0.4) is 0 Å². The van der Waals surface area contributed by atoms with E-state index in [0.717, 1.165) is 37.2 Å². The molecular weight excluding hydrogens is 324 g/mol. The molecule has 0 spiro atoms. The Bertz CT molecular complexity index is 714. The second-order valence-corrected chi connectivity index (χ2v) is 7.74. The molecule has 0 radical (unpaired) electrons. The van der Waals surface area contributed by atoms with Crippen LogP contribution in [0.4, 0.5) is 5.13 Å². The Morgan fingerprint density at radius 3 is 2.67 bits per heavy atom. The van der Waals surface area contributed by atoms with E-state index in [1.807, 2.05) is 5.38 Å². The summed E-state index contributed by atoms with van der Waals surface area (Å²) in [6.45, 7) is 11.2. The van der Waals surface area contributed by atoms with Crippen LogP contribution < -0.4 is 5.32 Å². The lowest BCUT2D eigenvalue weighted by molar-refractivity contribution is 0.0994. The third-order valence-corrected chi connectivity index (χ3v) is 5.02. The molecule has 1 N–H and O–H groups in total. The van der Waals surface area contributed by atoms with Gasteiger partial charge in [-0.2, -0.15) is 0 Å². The normalized spacial score (nSPS) is 21.8. The highest BCUT2D eigenvalue weighted by atomic mass is 32.1. The minimum Gasteiger partial charge on any atom is -0.436 e. The number of piperidine rings is 1. The lowest BCUT2D eigenvalue weighted by Crippen LogP contribution is -2.38. The highest BCUT2D eigenvalue weighted by Gasteiger charge is 2.23. The zero-order valence-electron chi connectivity index (χ0n) is 14.6. The van der Waals surface area contributed by atoms with Crippen molar-refractivity contribution in [2.45, 2.75) is 40.7 Å².